The summed E-state index contributed by atoms with van der Waals surface area (Å²) in [7, 11) is 0. The van der Waals surface area contributed by atoms with Crippen molar-refractivity contribution >= 4 is 11.9 Å². The fraction of sp³-hybridized carbons (Fsp3) is 0.579. The highest BCUT2D eigenvalue weighted by Crippen LogP contribution is 2.34. The first-order valence-electron chi connectivity index (χ1n) is 9.02. The number of aliphatic carboxylic acids is 1. The van der Waals surface area contributed by atoms with Gasteiger partial charge in [0, 0.05) is 12.5 Å². The van der Waals surface area contributed by atoms with Gasteiger partial charge in [0.05, 0.1) is 5.56 Å². The zero-order valence-corrected chi connectivity index (χ0v) is 15.4. The van der Waals surface area contributed by atoms with E-state index in [0.29, 0.717) is 6.04 Å². The molecule has 0 bridgehead atoms. The fourth-order valence-electron chi connectivity index (χ4n) is 3.43. The van der Waals surface area contributed by atoms with Gasteiger partial charge >= 0.3 is 12.1 Å². The van der Waals surface area contributed by atoms with Crippen molar-refractivity contribution in [2.45, 2.75) is 51.4 Å². The van der Waals surface area contributed by atoms with Gasteiger partial charge in [-0.15, -0.1) is 0 Å². The van der Waals surface area contributed by atoms with Crippen molar-refractivity contribution in [1.82, 2.24) is 10.2 Å². The van der Waals surface area contributed by atoms with Crippen LogP contribution in [0.3, 0.4) is 0 Å². The summed E-state index contributed by atoms with van der Waals surface area (Å²) in [4.78, 5) is 26.1. The van der Waals surface area contributed by atoms with Crippen LogP contribution >= 0.6 is 0 Å². The molecule has 1 atom stereocenters. The number of piperidine rings is 1. The minimum Gasteiger partial charge on any atom is -0.479 e. The quantitative estimate of drug-likeness (QED) is 0.786. The van der Waals surface area contributed by atoms with Gasteiger partial charge in [-0.1, -0.05) is 18.2 Å². The number of nitrogens with one attached hydrogen (secondary N) is 1. The Morgan fingerprint density at radius 3 is 2.33 bits per heavy atom. The van der Waals surface area contributed by atoms with Crippen molar-refractivity contribution in [2.75, 3.05) is 13.1 Å². The highest BCUT2D eigenvalue weighted by atomic mass is 19.4. The molecule has 0 radical (unpaired) electrons. The highest BCUT2D eigenvalue weighted by Gasteiger charge is 2.37. The van der Waals surface area contributed by atoms with E-state index in [9.17, 15) is 27.9 Å². The summed E-state index contributed by atoms with van der Waals surface area (Å²) in [5.74, 6) is -1.95. The molecule has 2 N–H and O–H groups in total. The molecule has 1 heterocycles. The van der Waals surface area contributed by atoms with Gasteiger partial charge in [0.2, 0.25) is 5.91 Å². The molecular formula is C19H25F3N2O3. The molecular weight excluding hydrogens is 361 g/mol. The molecule has 0 saturated carbocycles. The molecule has 1 fully saturated rings. The minimum atomic E-state index is -4.70. The van der Waals surface area contributed by atoms with Crippen molar-refractivity contribution in [3.05, 3.63) is 35.4 Å². The number of alkyl halides is 3. The lowest BCUT2D eigenvalue weighted by molar-refractivity contribution is -0.144. The molecule has 1 aliphatic heterocycles. The monoisotopic (exact) mass is 386 g/mol. The van der Waals surface area contributed by atoms with E-state index < -0.39 is 35.2 Å². The zero-order chi connectivity index (χ0) is 20.2. The number of carboxylic acids is 1. The van der Waals surface area contributed by atoms with Gasteiger partial charge in [-0.3, -0.25) is 4.79 Å². The second-order valence-corrected chi connectivity index (χ2v) is 7.20. The van der Waals surface area contributed by atoms with Crippen LogP contribution in [0.15, 0.2) is 24.3 Å². The summed E-state index contributed by atoms with van der Waals surface area (Å²) in [6.45, 7) is 5.91. The van der Waals surface area contributed by atoms with Gasteiger partial charge in [-0.25, -0.2) is 4.79 Å². The summed E-state index contributed by atoms with van der Waals surface area (Å²) < 4.78 is 39.5. The number of carbonyl (C=O) groups is 2. The second-order valence-electron chi connectivity index (χ2n) is 7.20. The summed E-state index contributed by atoms with van der Waals surface area (Å²) in [5, 5.41) is 11.7. The first-order valence-corrected chi connectivity index (χ1v) is 9.02. The maximum atomic E-state index is 13.2. The van der Waals surface area contributed by atoms with E-state index in [0.717, 1.165) is 38.1 Å². The number of hydrogen-bond acceptors (Lipinski definition) is 3. The molecule has 0 aromatic heterocycles. The predicted octanol–water partition coefficient (Wildman–Crippen LogP) is 3.46. The number of carbonyl (C=O) groups excluding carboxylic acids is 1. The van der Waals surface area contributed by atoms with E-state index in [4.69, 9.17) is 0 Å². The molecule has 1 unspecified atom stereocenters. The van der Waals surface area contributed by atoms with Crippen LogP contribution in [0.5, 0.6) is 0 Å². The first kappa shape index (κ1) is 21.2. The molecule has 0 spiro atoms. The van der Waals surface area contributed by atoms with Crippen molar-refractivity contribution in [2.24, 2.45) is 5.92 Å². The molecule has 0 aliphatic carbocycles. The number of amides is 1. The average Bonchev–Trinajstić information content (AvgIpc) is 2.59. The van der Waals surface area contributed by atoms with Gasteiger partial charge in [0.15, 0.2) is 6.04 Å². The minimum absolute atomic E-state index is 0.104. The Hall–Kier alpha value is -2.09. The largest absolute Gasteiger partial charge is 0.479 e. The Morgan fingerprint density at radius 2 is 1.81 bits per heavy atom. The Balaban J connectivity index is 2.05. The maximum absolute atomic E-state index is 13.2. The van der Waals surface area contributed by atoms with Gasteiger partial charge in [-0.2, -0.15) is 13.2 Å². The number of hydrogen-bond donors (Lipinski definition) is 2. The second kappa shape index (κ2) is 8.73. The molecule has 5 nitrogen and oxygen atoms in total. The van der Waals surface area contributed by atoms with E-state index in [1.165, 1.54) is 12.1 Å². The van der Waals surface area contributed by atoms with Crippen LogP contribution in [0.1, 0.15) is 50.3 Å². The van der Waals surface area contributed by atoms with Crippen LogP contribution in [0.2, 0.25) is 0 Å². The van der Waals surface area contributed by atoms with Crippen LogP contribution in [-0.2, 0) is 15.8 Å². The van der Waals surface area contributed by atoms with E-state index in [2.05, 4.69) is 24.1 Å². The summed E-state index contributed by atoms with van der Waals surface area (Å²) in [5.41, 5.74) is -1.51. The lowest BCUT2D eigenvalue weighted by Crippen LogP contribution is -2.40. The molecule has 1 saturated heterocycles. The topological polar surface area (TPSA) is 69.6 Å². The standard InChI is InChI=1S/C19H25F3N2O3/c1-12(2)24-9-7-13(8-10-24)11-16(25)23-17(18(26)27)14-5-3-4-6-15(14)19(20,21)22/h3-6,12-13,17H,7-11H2,1-2H3,(H,23,25)(H,26,27). The third-order valence-electron chi connectivity index (χ3n) is 4.98. The number of rotatable bonds is 6. The molecule has 8 heteroatoms. The molecule has 1 aliphatic rings. The summed E-state index contributed by atoms with van der Waals surface area (Å²) in [6, 6.07) is 3.12. The van der Waals surface area contributed by atoms with Crippen molar-refractivity contribution in [1.29, 1.82) is 0 Å². The fourth-order valence-corrected chi connectivity index (χ4v) is 3.43. The lowest BCUT2D eigenvalue weighted by atomic mass is 9.92. The average molecular weight is 386 g/mol. The molecule has 1 aromatic rings. The summed E-state index contributed by atoms with van der Waals surface area (Å²) >= 11 is 0. The SMILES string of the molecule is CC(C)N1CCC(CC(=O)NC(C(=O)O)c2ccccc2C(F)(F)F)CC1. The number of halogens is 3. The van der Waals surface area contributed by atoms with Crippen LogP contribution < -0.4 is 5.32 Å². The normalized spacial score (nSPS) is 17.7. The zero-order valence-electron chi connectivity index (χ0n) is 15.4. The van der Waals surface area contributed by atoms with Gasteiger partial charge in [0.1, 0.15) is 0 Å². The smallest absolute Gasteiger partial charge is 0.416 e. The molecule has 150 valence electrons. The van der Waals surface area contributed by atoms with Crippen molar-refractivity contribution in [3.8, 4) is 0 Å². The van der Waals surface area contributed by atoms with E-state index >= 15 is 0 Å². The molecule has 1 amide bonds. The van der Waals surface area contributed by atoms with Crippen LogP contribution in [0, 0.1) is 5.92 Å². The van der Waals surface area contributed by atoms with E-state index in [-0.39, 0.29) is 12.3 Å². The van der Waals surface area contributed by atoms with Crippen molar-refractivity contribution in [3.63, 3.8) is 0 Å². The van der Waals surface area contributed by atoms with E-state index in [1.807, 2.05) is 0 Å². The maximum Gasteiger partial charge on any atom is 0.416 e. The predicted molar refractivity (Wildman–Crippen MR) is 94.0 cm³/mol. The molecule has 2 rings (SSSR count). The summed E-state index contributed by atoms with van der Waals surface area (Å²) in [6.07, 6.45) is -2.96. The highest BCUT2D eigenvalue weighted by molar-refractivity contribution is 5.85. The van der Waals surface area contributed by atoms with Crippen LogP contribution in [-0.4, -0.2) is 41.0 Å². The third kappa shape index (κ3) is 5.69. The lowest BCUT2D eigenvalue weighted by Gasteiger charge is -2.34. The van der Waals surface area contributed by atoms with Gasteiger partial charge in [-0.05, 0) is 57.3 Å². The first-order chi connectivity index (χ1) is 12.6. The number of carboxylic acid groups (broad SMARTS) is 1. The number of likely N-dealkylation sites (tertiary alicyclic amines) is 1. The third-order valence-corrected chi connectivity index (χ3v) is 4.98. The Morgan fingerprint density at radius 1 is 1.22 bits per heavy atom. The Labute approximate surface area is 156 Å². The molecule has 1 aromatic carbocycles. The molecule has 27 heavy (non-hydrogen) atoms. The van der Waals surface area contributed by atoms with Gasteiger partial charge in [0.25, 0.3) is 0 Å². The number of benzene rings is 1. The van der Waals surface area contributed by atoms with Crippen molar-refractivity contribution < 1.29 is 27.9 Å². The van der Waals surface area contributed by atoms with E-state index in [1.54, 1.807) is 0 Å². The van der Waals surface area contributed by atoms with Crippen LogP contribution in [0.4, 0.5) is 13.2 Å². The number of nitrogens with zero attached hydrogens (tertiary/aromatic N) is 1. The Bertz CT molecular complexity index is 668. The Kier molecular flexibility index (Phi) is 6.86. The van der Waals surface area contributed by atoms with Crippen LogP contribution in [0.25, 0.3) is 0 Å². The van der Waals surface area contributed by atoms with Gasteiger partial charge < -0.3 is 15.3 Å².